The van der Waals surface area contributed by atoms with Gasteiger partial charge < -0.3 is 0 Å². The van der Waals surface area contributed by atoms with Crippen molar-refractivity contribution in [3.05, 3.63) is 163 Å². The maximum absolute atomic E-state index is 5.22. The Bertz CT molecular complexity index is 1970. The van der Waals surface area contributed by atoms with Crippen molar-refractivity contribution in [1.29, 1.82) is 0 Å². The summed E-state index contributed by atoms with van der Waals surface area (Å²) in [6.45, 7) is 2.13. The molecule has 6 aromatic rings. The summed E-state index contributed by atoms with van der Waals surface area (Å²) in [6.07, 6.45) is 8.97. The van der Waals surface area contributed by atoms with Gasteiger partial charge in [-0.2, -0.15) is 0 Å². The SMILES string of the molecule is Cc1cccc(-c2cccc(-c3cc(-c4ccccc4)nc(-c4cc(C5=CCCC=C5)cc(-c5ccccc5)c4)n3)c2)c1. The number of aryl methyl sites for hydroxylation is 1. The Labute approximate surface area is 253 Å². The van der Waals surface area contributed by atoms with Gasteiger partial charge in [0.15, 0.2) is 5.82 Å². The van der Waals surface area contributed by atoms with Crippen LogP contribution in [0.5, 0.6) is 0 Å². The van der Waals surface area contributed by atoms with Gasteiger partial charge in [-0.3, -0.25) is 0 Å². The molecule has 0 saturated heterocycles. The first-order chi connectivity index (χ1) is 21.2. The lowest BCUT2D eigenvalue weighted by molar-refractivity contribution is 1.04. The van der Waals surface area contributed by atoms with Crippen LogP contribution in [0.2, 0.25) is 0 Å². The molecule has 1 heterocycles. The number of benzene rings is 5. The van der Waals surface area contributed by atoms with Crippen LogP contribution in [-0.2, 0) is 0 Å². The van der Waals surface area contributed by atoms with E-state index in [-0.39, 0.29) is 0 Å². The topological polar surface area (TPSA) is 25.8 Å². The molecule has 2 heteroatoms. The first-order valence-electron chi connectivity index (χ1n) is 14.9. The Kier molecular flexibility index (Phi) is 7.33. The molecule has 0 saturated carbocycles. The van der Waals surface area contributed by atoms with Crippen molar-refractivity contribution in [2.24, 2.45) is 0 Å². The van der Waals surface area contributed by atoms with Gasteiger partial charge in [-0.15, -0.1) is 0 Å². The summed E-state index contributed by atoms with van der Waals surface area (Å²) in [5, 5.41) is 0. The molecule has 5 aromatic carbocycles. The van der Waals surface area contributed by atoms with Crippen LogP contribution >= 0.6 is 0 Å². The lowest BCUT2D eigenvalue weighted by Crippen LogP contribution is -1.98. The van der Waals surface area contributed by atoms with E-state index < -0.39 is 0 Å². The molecule has 0 radical (unpaired) electrons. The normalized spacial score (nSPS) is 12.6. The maximum Gasteiger partial charge on any atom is 0.160 e. The van der Waals surface area contributed by atoms with E-state index in [0.29, 0.717) is 0 Å². The fourth-order valence-electron chi connectivity index (χ4n) is 5.71. The third kappa shape index (κ3) is 5.86. The van der Waals surface area contributed by atoms with Gasteiger partial charge >= 0.3 is 0 Å². The summed E-state index contributed by atoms with van der Waals surface area (Å²) in [5.41, 5.74) is 13.3. The maximum atomic E-state index is 5.22. The molecule has 1 aliphatic rings. The predicted octanol–water partition coefficient (Wildman–Crippen LogP) is 10.9. The fraction of sp³-hybridized carbons (Fsp3) is 0.0732. The minimum absolute atomic E-state index is 0.719. The van der Waals surface area contributed by atoms with Crippen molar-refractivity contribution < 1.29 is 0 Å². The zero-order chi connectivity index (χ0) is 29.0. The highest BCUT2D eigenvalue weighted by Gasteiger charge is 2.15. The molecule has 206 valence electrons. The Morgan fingerprint density at radius 3 is 1.74 bits per heavy atom. The van der Waals surface area contributed by atoms with Gasteiger partial charge in [-0.25, -0.2) is 9.97 Å². The minimum atomic E-state index is 0.719. The Balaban J connectivity index is 1.41. The molecule has 43 heavy (non-hydrogen) atoms. The van der Waals surface area contributed by atoms with E-state index in [9.17, 15) is 0 Å². The van der Waals surface area contributed by atoms with Crippen LogP contribution < -0.4 is 0 Å². The molecule has 0 bridgehead atoms. The van der Waals surface area contributed by atoms with Crippen molar-refractivity contribution in [3.63, 3.8) is 0 Å². The van der Waals surface area contributed by atoms with Gasteiger partial charge in [-0.05, 0) is 83.5 Å². The third-order valence-electron chi connectivity index (χ3n) is 7.93. The third-order valence-corrected chi connectivity index (χ3v) is 7.93. The molecule has 2 nitrogen and oxygen atoms in total. The van der Waals surface area contributed by atoms with Crippen molar-refractivity contribution in [3.8, 4) is 56.2 Å². The first kappa shape index (κ1) is 26.6. The van der Waals surface area contributed by atoms with Crippen LogP contribution in [0.4, 0.5) is 0 Å². The van der Waals surface area contributed by atoms with Gasteiger partial charge in [0.05, 0.1) is 11.4 Å². The number of aromatic nitrogens is 2. The van der Waals surface area contributed by atoms with Crippen molar-refractivity contribution in [1.82, 2.24) is 9.97 Å². The molecule has 0 atom stereocenters. The highest BCUT2D eigenvalue weighted by atomic mass is 14.9. The Hall–Kier alpha value is -5.34. The first-order valence-corrected chi connectivity index (χ1v) is 14.9. The van der Waals surface area contributed by atoms with E-state index in [1.54, 1.807) is 0 Å². The Morgan fingerprint density at radius 1 is 0.442 bits per heavy atom. The van der Waals surface area contributed by atoms with Crippen LogP contribution in [0.15, 0.2) is 152 Å². The van der Waals surface area contributed by atoms with Crippen LogP contribution in [0.3, 0.4) is 0 Å². The second-order valence-electron chi connectivity index (χ2n) is 11.1. The zero-order valence-corrected chi connectivity index (χ0v) is 24.2. The lowest BCUT2D eigenvalue weighted by atomic mass is 9.93. The number of rotatable bonds is 6. The average Bonchev–Trinajstić information content (AvgIpc) is 3.09. The standard InChI is InChI=1S/C41H32N2/c1-29-13-11-20-33(23-29)34-21-12-22-35(24-34)40-28-39(32-18-9-4-10-19-32)42-41(43-40)38-26-36(30-14-5-2-6-15-30)25-37(27-38)31-16-7-3-8-17-31/h2,4-7,9-28H,3,8H2,1H3. The second-order valence-corrected chi connectivity index (χ2v) is 11.1. The van der Waals surface area contributed by atoms with Crippen molar-refractivity contribution >= 4 is 5.57 Å². The molecule has 0 fully saturated rings. The van der Waals surface area contributed by atoms with Crippen LogP contribution in [0, 0.1) is 6.92 Å². The predicted molar refractivity (Wildman–Crippen MR) is 180 cm³/mol. The van der Waals surface area contributed by atoms with E-state index in [4.69, 9.17) is 9.97 Å². The summed E-state index contributed by atoms with van der Waals surface area (Å²) in [6, 6.07) is 47.1. The Morgan fingerprint density at radius 2 is 1.02 bits per heavy atom. The summed E-state index contributed by atoms with van der Waals surface area (Å²) >= 11 is 0. The van der Waals surface area contributed by atoms with Gasteiger partial charge in [0, 0.05) is 16.7 Å². The molecule has 0 unspecified atom stereocenters. The van der Waals surface area contributed by atoms with Crippen LogP contribution in [0.1, 0.15) is 24.0 Å². The van der Waals surface area contributed by atoms with Gasteiger partial charge in [-0.1, -0.05) is 127 Å². The summed E-state index contributed by atoms with van der Waals surface area (Å²) < 4.78 is 0. The molecular weight excluding hydrogens is 520 g/mol. The largest absolute Gasteiger partial charge is 0.228 e. The number of allylic oxidation sites excluding steroid dienone is 4. The molecule has 1 aliphatic carbocycles. The average molecular weight is 553 g/mol. The number of hydrogen-bond acceptors (Lipinski definition) is 2. The molecule has 0 aliphatic heterocycles. The van der Waals surface area contributed by atoms with Crippen LogP contribution in [-0.4, -0.2) is 9.97 Å². The quantitative estimate of drug-likeness (QED) is 0.205. The lowest BCUT2D eigenvalue weighted by Gasteiger charge is -2.14. The zero-order valence-electron chi connectivity index (χ0n) is 24.2. The minimum Gasteiger partial charge on any atom is -0.228 e. The number of hydrogen-bond donors (Lipinski definition) is 0. The summed E-state index contributed by atoms with van der Waals surface area (Å²) in [7, 11) is 0. The summed E-state index contributed by atoms with van der Waals surface area (Å²) in [5.74, 6) is 0.719. The van der Waals surface area contributed by atoms with E-state index in [0.717, 1.165) is 52.3 Å². The molecular formula is C41H32N2. The van der Waals surface area contributed by atoms with Crippen molar-refractivity contribution in [2.75, 3.05) is 0 Å². The monoisotopic (exact) mass is 552 g/mol. The molecule has 7 rings (SSSR count). The van der Waals surface area contributed by atoms with Gasteiger partial charge in [0.25, 0.3) is 0 Å². The van der Waals surface area contributed by atoms with E-state index in [1.165, 1.54) is 33.4 Å². The molecule has 0 N–H and O–H groups in total. The highest BCUT2D eigenvalue weighted by Crippen LogP contribution is 2.34. The van der Waals surface area contributed by atoms with E-state index in [1.807, 2.05) is 6.07 Å². The smallest absolute Gasteiger partial charge is 0.160 e. The fourth-order valence-corrected chi connectivity index (χ4v) is 5.71. The van der Waals surface area contributed by atoms with Gasteiger partial charge in [0.1, 0.15) is 0 Å². The molecule has 0 spiro atoms. The summed E-state index contributed by atoms with van der Waals surface area (Å²) in [4.78, 5) is 10.4. The van der Waals surface area contributed by atoms with Crippen LogP contribution in [0.25, 0.3) is 61.7 Å². The highest BCUT2D eigenvalue weighted by molar-refractivity contribution is 5.83. The van der Waals surface area contributed by atoms with E-state index in [2.05, 4.69) is 153 Å². The number of nitrogens with zero attached hydrogens (tertiary/aromatic N) is 2. The van der Waals surface area contributed by atoms with E-state index >= 15 is 0 Å². The second kappa shape index (κ2) is 11.9. The van der Waals surface area contributed by atoms with Gasteiger partial charge in [0.2, 0.25) is 0 Å². The molecule has 1 aromatic heterocycles. The van der Waals surface area contributed by atoms with Crippen molar-refractivity contribution in [2.45, 2.75) is 19.8 Å². The molecule has 0 amide bonds.